The quantitative estimate of drug-likeness (QED) is 0.168. The minimum absolute atomic E-state index is 0. The Morgan fingerprint density at radius 1 is 0.739 bits per heavy atom. The summed E-state index contributed by atoms with van der Waals surface area (Å²) in [6.07, 6.45) is 3.05. The molecule has 0 aliphatic rings. The summed E-state index contributed by atoms with van der Waals surface area (Å²) in [5.41, 5.74) is 6.70. The molecule has 0 atom stereocenters. The molecule has 0 saturated carbocycles. The van der Waals surface area contributed by atoms with Crippen LogP contribution in [0.2, 0.25) is 0 Å². The fraction of sp³-hybridized carbons (Fsp3) is 0.0256. The number of aryl methyl sites for hydroxylation is 1. The molecule has 9 aromatic rings. The van der Waals surface area contributed by atoms with Gasteiger partial charge >= 0.3 is 0 Å². The van der Waals surface area contributed by atoms with Gasteiger partial charge in [0, 0.05) is 46.9 Å². The molecule has 0 spiro atoms. The summed E-state index contributed by atoms with van der Waals surface area (Å²) < 4.78 is 30.2. The number of rotatable bonds is 3. The van der Waals surface area contributed by atoms with E-state index in [1.807, 2.05) is 77.4 Å². The van der Waals surface area contributed by atoms with Gasteiger partial charge in [0.15, 0.2) is 5.65 Å². The van der Waals surface area contributed by atoms with Gasteiger partial charge in [0.1, 0.15) is 11.1 Å². The zero-order chi connectivity index (χ0) is 32.7. The average Bonchev–Trinajstić information content (AvgIpc) is 3.72. The minimum Gasteiger partial charge on any atom is -0.500 e. The van der Waals surface area contributed by atoms with Crippen LogP contribution in [0, 0.1) is 19.0 Å². The van der Waals surface area contributed by atoms with Crippen LogP contribution in [-0.2, 0) is 20.1 Å². The fourth-order valence-corrected chi connectivity index (χ4v) is 5.56. The van der Waals surface area contributed by atoms with Gasteiger partial charge in [0.2, 0.25) is 0 Å². The Morgan fingerprint density at radius 3 is 2.41 bits per heavy atom. The van der Waals surface area contributed by atoms with Gasteiger partial charge in [-0.15, -0.1) is 59.2 Å². The Kier molecular flexibility index (Phi) is 7.00. The van der Waals surface area contributed by atoms with E-state index in [9.17, 15) is 0 Å². The molecule has 4 aromatic heterocycles. The van der Waals surface area contributed by atoms with Gasteiger partial charge in [-0.2, -0.15) is 5.10 Å². The second-order valence-corrected chi connectivity index (χ2v) is 10.4. The van der Waals surface area contributed by atoms with Crippen LogP contribution in [0.5, 0.6) is 0 Å². The molecule has 0 aliphatic carbocycles. The van der Waals surface area contributed by atoms with Gasteiger partial charge in [0.25, 0.3) is 0 Å². The van der Waals surface area contributed by atoms with E-state index >= 15 is 0 Å². The molecule has 0 amide bonds. The van der Waals surface area contributed by atoms with Gasteiger partial charge in [-0.1, -0.05) is 77.7 Å². The predicted octanol–water partition coefficient (Wildman–Crippen LogP) is 9.19. The SMILES string of the molecule is [2H]C([2H])([2H])c1ccc(-c2[c-]cccc2)nc1.[Ir].[c-]1ccc2c(oc3c4ccccc4ccc23)c1-c1nc2ccnnc2n1-c1ccccc1. The topological polar surface area (TPSA) is 69.6 Å². The summed E-state index contributed by atoms with van der Waals surface area (Å²) in [5, 5.41) is 12.8. The molecule has 223 valence electrons. The second kappa shape index (κ2) is 12.5. The third-order valence-corrected chi connectivity index (χ3v) is 7.64. The molecule has 1 radical (unpaired) electrons. The maximum absolute atomic E-state index is 7.23. The van der Waals surface area contributed by atoms with Crippen molar-refractivity contribution in [3.05, 3.63) is 151 Å². The van der Waals surface area contributed by atoms with Crippen molar-refractivity contribution in [3.63, 3.8) is 0 Å². The molecule has 7 heteroatoms. The molecule has 5 aromatic carbocycles. The van der Waals surface area contributed by atoms with Crippen molar-refractivity contribution in [1.82, 2.24) is 24.7 Å². The first kappa shape index (κ1) is 25.8. The summed E-state index contributed by atoms with van der Waals surface area (Å²) in [4.78, 5) is 9.04. The van der Waals surface area contributed by atoms with Gasteiger partial charge in [-0.25, -0.2) is 0 Å². The molecule has 0 N–H and O–H groups in total. The monoisotopic (exact) mass is 775 g/mol. The van der Waals surface area contributed by atoms with Gasteiger partial charge in [0.05, 0.1) is 17.6 Å². The number of nitrogens with zero attached hydrogens (tertiary/aromatic N) is 5. The number of pyridine rings is 1. The Labute approximate surface area is 283 Å². The number of aromatic nitrogens is 5. The maximum atomic E-state index is 7.23. The van der Waals surface area contributed by atoms with Crippen molar-refractivity contribution in [1.29, 1.82) is 0 Å². The summed E-state index contributed by atoms with van der Waals surface area (Å²) in [6, 6.07) is 45.6. The fourth-order valence-electron chi connectivity index (χ4n) is 5.56. The standard InChI is InChI=1S/C27H15N4O.C12H10N.Ir/c1-2-8-18(9-3-1)31-26(29-23-15-16-28-30-27(23)31)22-12-6-11-20-21-14-13-17-7-4-5-10-19(17)24(21)32-25(20)22;1-10-7-8-12(13-9-10)11-5-3-2-4-6-11;/h1-11,13-16H;2-5,7-9H,1H3;/q2*-1;/i;1D3;. The summed E-state index contributed by atoms with van der Waals surface area (Å²) in [5.74, 6) is 0.723. The van der Waals surface area contributed by atoms with Gasteiger partial charge in [-0.05, 0) is 41.7 Å². The number of fused-ring (bicyclic) bond motifs is 6. The Morgan fingerprint density at radius 2 is 1.59 bits per heavy atom. The average molecular weight is 775 g/mol. The van der Waals surface area contributed by atoms with E-state index in [1.54, 1.807) is 24.4 Å². The second-order valence-electron chi connectivity index (χ2n) is 10.4. The van der Waals surface area contributed by atoms with Crippen LogP contribution < -0.4 is 0 Å². The number of benzene rings is 5. The number of para-hydroxylation sites is 1. The van der Waals surface area contributed by atoms with Gasteiger partial charge in [-0.3, -0.25) is 4.98 Å². The molecule has 46 heavy (non-hydrogen) atoms. The third kappa shape index (κ3) is 5.26. The molecule has 9 rings (SSSR count). The molecule has 0 aliphatic heterocycles. The van der Waals surface area contributed by atoms with E-state index in [0.717, 1.165) is 66.6 Å². The van der Waals surface area contributed by atoms with Crippen LogP contribution in [0.4, 0.5) is 0 Å². The minimum atomic E-state index is -2.09. The first-order chi connectivity index (χ1) is 23.5. The van der Waals surface area contributed by atoms with Crippen molar-refractivity contribution >= 4 is 43.9 Å². The normalized spacial score (nSPS) is 12.2. The van der Waals surface area contributed by atoms with Crippen molar-refractivity contribution in [2.45, 2.75) is 6.85 Å². The number of furan rings is 1. The molecule has 0 saturated heterocycles. The van der Waals surface area contributed by atoms with E-state index in [2.05, 4.69) is 57.6 Å². The molecule has 0 unspecified atom stereocenters. The van der Waals surface area contributed by atoms with Gasteiger partial charge < -0.3 is 14.0 Å². The van der Waals surface area contributed by atoms with Crippen molar-refractivity contribution in [2.75, 3.05) is 0 Å². The molecule has 4 heterocycles. The number of hydrogen-bond acceptors (Lipinski definition) is 5. The molecule has 0 bridgehead atoms. The van der Waals surface area contributed by atoms with Crippen molar-refractivity contribution < 1.29 is 28.6 Å². The molecule has 6 nitrogen and oxygen atoms in total. The largest absolute Gasteiger partial charge is 0.500 e. The Hall–Kier alpha value is -5.49. The van der Waals surface area contributed by atoms with Crippen LogP contribution in [0.3, 0.4) is 0 Å². The first-order valence-electron chi connectivity index (χ1n) is 15.9. The first-order valence-corrected chi connectivity index (χ1v) is 14.4. The summed E-state index contributed by atoms with van der Waals surface area (Å²) >= 11 is 0. The number of hydrogen-bond donors (Lipinski definition) is 0. The van der Waals surface area contributed by atoms with Crippen LogP contribution in [-0.4, -0.2) is 24.7 Å². The van der Waals surface area contributed by atoms with E-state index < -0.39 is 6.85 Å². The van der Waals surface area contributed by atoms with Crippen molar-refractivity contribution in [2.24, 2.45) is 0 Å². The zero-order valence-electron chi connectivity index (χ0n) is 27.2. The predicted molar refractivity (Wildman–Crippen MR) is 179 cm³/mol. The maximum Gasteiger partial charge on any atom is 0.178 e. The van der Waals surface area contributed by atoms with Crippen molar-refractivity contribution in [3.8, 4) is 28.3 Å². The summed E-state index contributed by atoms with van der Waals surface area (Å²) in [7, 11) is 0. The zero-order valence-corrected chi connectivity index (χ0v) is 26.6. The van der Waals surface area contributed by atoms with E-state index in [-0.39, 0.29) is 25.7 Å². The van der Waals surface area contributed by atoms with E-state index in [4.69, 9.17) is 13.5 Å². The molecular formula is C39H25IrN5O-2. The molecular weight excluding hydrogens is 747 g/mol. The molecule has 0 fully saturated rings. The van der Waals surface area contributed by atoms with Crippen LogP contribution >= 0.6 is 0 Å². The third-order valence-electron chi connectivity index (χ3n) is 7.64. The van der Waals surface area contributed by atoms with Crippen LogP contribution in [0.1, 0.15) is 9.68 Å². The number of imidazole rings is 1. The van der Waals surface area contributed by atoms with Crippen LogP contribution in [0.25, 0.3) is 72.2 Å². The summed E-state index contributed by atoms with van der Waals surface area (Å²) in [6.45, 7) is -2.09. The van der Waals surface area contributed by atoms with E-state index in [0.29, 0.717) is 5.65 Å². The Bertz CT molecular complexity index is 2550. The smallest absolute Gasteiger partial charge is 0.178 e. The van der Waals surface area contributed by atoms with E-state index in [1.165, 1.54) is 6.20 Å². The Balaban J connectivity index is 0.000000189. The van der Waals surface area contributed by atoms with Crippen LogP contribution in [0.15, 0.2) is 138 Å².